The molecule has 0 radical (unpaired) electrons. The quantitative estimate of drug-likeness (QED) is 0.758. The third-order valence-corrected chi connectivity index (χ3v) is 3.93. The minimum absolute atomic E-state index is 0.0914. The number of hydrogen-bond acceptors (Lipinski definition) is 3. The molecule has 0 saturated carbocycles. The summed E-state index contributed by atoms with van der Waals surface area (Å²) in [6, 6.07) is 16.0. The third kappa shape index (κ3) is 5.10. The van der Waals surface area contributed by atoms with E-state index in [9.17, 15) is 4.79 Å². The molecule has 0 atom stereocenters. The summed E-state index contributed by atoms with van der Waals surface area (Å²) in [5.74, 6) is 0.953. The van der Waals surface area contributed by atoms with Gasteiger partial charge in [-0.25, -0.2) is 0 Å². The molecule has 4 nitrogen and oxygen atoms in total. The summed E-state index contributed by atoms with van der Waals surface area (Å²) in [6.07, 6.45) is 0.862. The predicted octanol–water partition coefficient (Wildman–Crippen LogP) is 3.19. The molecular formula is C20H26N2O2. The van der Waals surface area contributed by atoms with E-state index in [4.69, 9.17) is 4.74 Å². The maximum Gasteiger partial charge on any atom is 0.240 e. The van der Waals surface area contributed by atoms with E-state index in [1.165, 1.54) is 5.56 Å². The molecule has 1 amide bonds. The third-order valence-electron chi connectivity index (χ3n) is 3.93. The van der Waals surface area contributed by atoms with Crippen LogP contribution in [0.25, 0.3) is 0 Å². The number of hydrogen-bond donors (Lipinski definition) is 1. The van der Waals surface area contributed by atoms with Gasteiger partial charge in [0.25, 0.3) is 0 Å². The predicted molar refractivity (Wildman–Crippen MR) is 98.8 cm³/mol. The van der Waals surface area contributed by atoms with Gasteiger partial charge in [0, 0.05) is 12.2 Å². The molecular weight excluding hydrogens is 300 g/mol. The molecule has 0 aliphatic rings. The molecule has 2 rings (SSSR count). The number of anilines is 1. The van der Waals surface area contributed by atoms with Crippen LogP contribution in [0.2, 0.25) is 0 Å². The molecule has 128 valence electrons. The average molecular weight is 326 g/mol. The van der Waals surface area contributed by atoms with Crippen molar-refractivity contribution < 1.29 is 9.53 Å². The smallest absolute Gasteiger partial charge is 0.240 e. The SMILES string of the molecule is CCN(C(=O)CNCCc1cccc(OC)c1)c1cccc(C)c1. The first-order chi connectivity index (χ1) is 11.6. The summed E-state index contributed by atoms with van der Waals surface area (Å²) in [5, 5.41) is 3.24. The Morgan fingerprint density at radius 2 is 1.96 bits per heavy atom. The van der Waals surface area contributed by atoms with E-state index in [-0.39, 0.29) is 5.91 Å². The number of methoxy groups -OCH3 is 1. The second kappa shape index (κ2) is 9.08. The number of amides is 1. The summed E-state index contributed by atoms with van der Waals surface area (Å²) in [4.78, 5) is 14.3. The Bertz CT molecular complexity index is 670. The number of carbonyl (C=O) groups excluding carboxylic acids is 1. The van der Waals surface area contributed by atoms with Gasteiger partial charge in [0.2, 0.25) is 5.91 Å². The highest BCUT2D eigenvalue weighted by Gasteiger charge is 2.13. The van der Waals surface area contributed by atoms with Gasteiger partial charge >= 0.3 is 0 Å². The molecule has 0 spiro atoms. The first-order valence-electron chi connectivity index (χ1n) is 8.34. The Hall–Kier alpha value is -2.33. The molecule has 0 fully saturated rings. The first kappa shape index (κ1) is 18.0. The van der Waals surface area contributed by atoms with E-state index in [1.54, 1.807) is 7.11 Å². The van der Waals surface area contributed by atoms with Crippen molar-refractivity contribution in [1.29, 1.82) is 0 Å². The Labute approximate surface area is 144 Å². The number of benzene rings is 2. The Balaban J connectivity index is 1.83. The average Bonchev–Trinajstić information content (AvgIpc) is 2.60. The van der Waals surface area contributed by atoms with E-state index in [0.29, 0.717) is 13.1 Å². The second-order valence-electron chi connectivity index (χ2n) is 5.76. The lowest BCUT2D eigenvalue weighted by molar-refractivity contribution is -0.117. The first-order valence-corrected chi connectivity index (χ1v) is 8.34. The molecule has 4 heteroatoms. The fraction of sp³-hybridized carbons (Fsp3) is 0.350. The van der Waals surface area contributed by atoms with Crippen LogP contribution in [-0.2, 0) is 11.2 Å². The lowest BCUT2D eigenvalue weighted by Crippen LogP contribution is -2.38. The van der Waals surface area contributed by atoms with Crippen molar-refractivity contribution >= 4 is 11.6 Å². The lowest BCUT2D eigenvalue weighted by atomic mass is 10.1. The number of likely N-dealkylation sites (N-methyl/N-ethyl adjacent to an activating group) is 1. The molecule has 0 heterocycles. The normalized spacial score (nSPS) is 10.5. The number of aryl methyl sites for hydroxylation is 1. The number of ether oxygens (including phenoxy) is 1. The summed E-state index contributed by atoms with van der Waals surface area (Å²) in [5.41, 5.74) is 3.31. The molecule has 0 aliphatic heterocycles. The number of carbonyl (C=O) groups is 1. The molecule has 0 unspecified atom stereocenters. The van der Waals surface area contributed by atoms with E-state index < -0.39 is 0 Å². The van der Waals surface area contributed by atoms with Crippen molar-refractivity contribution in [3.63, 3.8) is 0 Å². The van der Waals surface area contributed by atoms with Gasteiger partial charge in [0.15, 0.2) is 0 Å². The molecule has 1 N–H and O–H groups in total. The summed E-state index contributed by atoms with van der Waals surface area (Å²) >= 11 is 0. The van der Waals surface area contributed by atoms with Crippen molar-refractivity contribution in [3.8, 4) is 5.75 Å². The standard InChI is InChI=1S/C20H26N2O2/c1-4-22(18-9-5-7-16(2)13-18)20(23)15-21-12-11-17-8-6-10-19(14-17)24-3/h5-10,13-14,21H,4,11-12,15H2,1-3H3. The van der Waals surface area contributed by atoms with Crippen molar-refractivity contribution in [2.75, 3.05) is 31.6 Å². The zero-order valence-electron chi connectivity index (χ0n) is 14.7. The van der Waals surface area contributed by atoms with Gasteiger partial charge in [-0.1, -0.05) is 24.3 Å². The van der Waals surface area contributed by atoms with Crippen LogP contribution in [0.3, 0.4) is 0 Å². The molecule has 0 bridgehead atoms. The molecule has 24 heavy (non-hydrogen) atoms. The highest BCUT2D eigenvalue weighted by molar-refractivity contribution is 5.94. The van der Waals surface area contributed by atoms with E-state index in [2.05, 4.69) is 11.4 Å². The minimum atomic E-state index is 0.0914. The van der Waals surface area contributed by atoms with Crippen molar-refractivity contribution in [1.82, 2.24) is 5.32 Å². The Kier molecular flexibility index (Phi) is 6.82. The topological polar surface area (TPSA) is 41.6 Å². The van der Waals surface area contributed by atoms with E-state index in [0.717, 1.165) is 30.0 Å². The van der Waals surface area contributed by atoms with Crippen LogP contribution >= 0.6 is 0 Å². The van der Waals surface area contributed by atoms with Crippen LogP contribution < -0.4 is 15.0 Å². The zero-order valence-corrected chi connectivity index (χ0v) is 14.7. The zero-order chi connectivity index (χ0) is 17.4. The highest BCUT2D eigenvalue weighted by atomic mass is 16.5. The van der Waals surface area contributed by atoms with Gasteiger partial charge in [-0.15, -0.1) is 0 Å². The highest BCUT2D eigenvalue weighted by Crippen LogP contribution is 2.16. The van der Waals surface area contributed by atoms with Crippen molar-refractivity contribution in [2.45, 2.75) is 20.3 Å². The fourth-order valence-corrected chi connectivity index (χ4v) is 2.65. The number of rotatable bonds is 8. The summed E-state index contributed by atoms with van der Waals surface area (Å²) in [7, 11) is 1.67. The molecule has 0 aliphatic carbocycles. The van der Waals surface area contributed by atoms with Crippen LogP contribution in [0.5, 0.6) is 5.75 Å². The van der Waals surface area contributed by atoms with Gasteiger partial charge < -0.3 is 15.0 Å². The van der Waals surface area contributed by atoms with Crippen LogP contribution in [-0.4, -0.2) is 32.7 Å². The minimum Gasteiger partial charge on any atom is -0.497 e. The fourth-order valence-electron chi connectivity index (χ4n) is 2.65. The van der Waals surface area contributed by atoms with E-state index >= 15 is 0 Å². The van der Waals surface area contributed by atoms with Crippen LogP contribution in [0, 0.1) is 6.92 Å². The maximum atomic E-state index is 12.4. The monoisotopic (exact) mass is 326 g/mol. The maximum absolute atomic E-state index is 12.4. The summed E-state index contributed by atoms with van der Waals surface area (Å²) in [6.45, 7) is 5.79. The van der Waals surface area contributed by atoms with Gasteiger partial charge in [0.05, 0.1) is 13.7 Å². The van der Waals surface area contributed by atoms with Gasteiger partial charge in [-0.05, 0) is 62.2 Å². The molecule has 2 aromatic carbocycles. The van der Waals surface area contributed by atoms with Gasteiger partial charge in [-0.2, -0.15) is 0 Å². The number of nitrogens with one attached hydrogen (secondary N) is 1. The van der Waals surface area contributed by atoms with Gasteiger partial charge in [-0.3, -0.25) is 4.79 Å². The van der Waals surface area contributed by atoms with Crippen LogP contribution in [0.4, 0.5) is 5.69 Å². The van der Waals surface area contributed by atoms with Crippen LogP contribution in [0.15, 0.2) is 48.5 Å². The Morgan fingerprint density at radius 1 is 1.17 bits per heavy atom. The molecule has 0 aromatic heterocycles. The van der Waals surface area contributed by atoms with Crippen LogP contribution in [0.1, 0.15) is 18.1 Å². The van der Waals surface area contributed by atoms with Gasteiger partial charge in [0.1, 0.15) is 5.75 Å². The van der Waals surface area contributed by atoms with Crippen molar-refractivity contribution in [2.24, 2.45) is 0 Å². The summed E-state index contributed by atoms with van der Waals surface area (Å²) < 4.78 is 5.22. The van der Waals surface area contributed by atoms with E-state index in [1.807, 2.05) is 61.2 Å². The number of nitrogens with zero attached hydrogens (tertiary/aromatic N) is 1. The molecule has 2 aromatic rings. The second-order valence-corrected chi connectivity index (χ2v) is 5.76. The Morgan fingerprint density at radius 3 is 2.67 bits per heavy atom. The largest absolute Gasteiger partial charge is 0.497 e. The lowest BCUT2D eigenvalue weighted by Gasteiger charge is -2.21. The molecule has 0 saturated heterocycles. The van der Waals surface area contributed by atoms with Crippen molar-refractivity contribution in [3.05, 3.63) is 59.7 Å².